The average molecular weight is 319 g/mol. The summed E-state index contributed by atoms with van der Waals surface area (Å²) in [4.78, 5) is 37.0. The summed E-state index contributed by atoms with van der Waals surface area (Å²) in [7, 11) is 0. The number of aromatic nitrogens is 4. The van der Waals surface area contributed by atoms with Crippen LogP contribution in [0.3, 0.4) is 0 Å². The Kier molecular flexibility index (Phi) is 4.74. The van der Waals surface area contributed by atoms with Crippen LogP contribution in [0.5, 0.6) is 0 Å². The summed E-state index contributed by atoms with van der Waals surface area (Å²) in [6.07, 6.45) is 1.76. The van der Waals surface area contributed by atoms with E-state index in [9.17, 15) is 14.7 Å². The zero-order chi connectivity index (χ0) is 17.0. The van der Waals surface area contributed by atoms with E-state index in [0.717, 1.165) is 9.47 Å². The van der Waals surface area contributed by atoms with Gasteiger partial charge in [-0.05, 0) is 6.92 Å². The fourth-order valence-corrected chi connectivity index (χ4v) is 1.93. The topological polar surface area (TPSA) is 120 Å². The molecule has 10 nitrogen and oxygen atoms in total. The van der Waals surface area contributed by atoms with Gasteiger partial charge in [-0.1, -0.05) is 16.7 Å². The lowest BCUT2D eigenvalue weighted by Crippen LogP contribution is -2.43. The number of nitrogens with zero attached hydrogens (tertiary/aromatic N) is 6. The molecule has 23 heavy (non-hydrogen) atoms. The normalized spacial score (nSPS) is 10.5. The lowest BCUT2D eigenvalue weighted by molar-refractivity contribution is -0.246. The Morgan fingerprint density at radius 2 is 1.96 bits per heavy atom. The quantitative estimate of drug-likeness (QED) is 0.622. The molecule has 0 spiro atoms. The van der Waals surface area contributed by atoms with Gasteiger partial charge in [0.1, 0.15) is 6.09 Å². The van der Waals surface area contributed by atoms with Gasteiger partial charge in [-0.3, -0.25) is 4.90 Å². The van der Waals surface area contributed by atoms with E-state index >= 15 is 0 Å². The Morgan fingerprint density at radius 1 is 1.30 bits per heavy atom. The molecule has 0 unspecified atom stereocenters. The van der Waals surface area contributed by atoms with Crippen molar-refractivity contribution in [1.82, 2.24) is 19.5 Å². The molecule has 122 valence electrons. The van der Waals surface area contributed by atoms with Crippen LogP contribution in [0.25, 0.3) is 5.78 Å². The molecule has 0 aliphatic carbocycles. The van der Waals surface area contributed by atoms with Crippen molar-refractivity contribution in [2.24, 2.45) is 0 Å². The molecule has 0 aliphatic rings. The molecule has 0 aliphatic heterocycles. The number of amides is 1. The van der Waals surface area contributed by atoms with Crippen LogP contribution in [-0.4, -0.2) is 45.3 Å². The fraction of sp³-hybridized carbons (Fsp3) is 0.308. The second-order valence-electron chi connectivity index (χ2n) is 4.38. The minimum Gasteiger partial charge on any atom is -0.530 e. The van der Waals surface area contributed by atoms with Gasteiger partial charge in [-0.2, -0.15) is 9.97 Å². The maximum atomic E-state index is 11.4. The van der Waals surface area contributed by atoms with Crippen LogP contribution in [0.2, 0.25) is 0 Å². The molecule has 0 fully saturated rings. The first kappa shape index (κ1) is 16.2. The minimum atomic E-state index is -1.49. The summed E-state index contributed by atoms with van der Waals surface area (Å²) in [5.74, 6) is -1.02. The van der Waals surface area contributed by atoms with Crippen molar-refractivity contribution < 1.29 is 14.4 Å². The monoisotopic (exact) mass is 319 g/mol. The molecule has 2 aromatic heterocycles. The van der Waals surface area contributed by atoms with E-state index in [4.69, 9.17) is 4.52 Å². The molecule has 2 rings (SSSR count). The third-order valence-corrected chi connectivity index (χ3v) is 2.88. The van der Waals surface area contributed by atoms with E-state index in [0.29, 0.717) is 13.1 Å². The number of carbonyl (C=O) groups is 1. The maximum absolute atomic E-state index is 11.4. The van der Waals surface area contributed by atoms with E-state index in [1.165, 1.54) is 0 Å². The Morgan fingerprint density at radius 3 is 2.48 bits per heavy atom. The second kappa shape index (κ2) is 6.73. The molecule has 0 radical (unpaired) electrons. The second-order valence-corrected chi connectivity index (χ2v) is 4.38. The molecule has 0 aromatic carbocycles. The van der Waals surface area contributed by atoms with Crippen molar-refractivity contribution in [2.45, 2.75) is 6.92 Å². The highest BCUT2D eigenvalue weighted by atomic mass is 16.5. The largest absolute Gasteiger partial charge is 0.530 e. The SMILES string of the molecule is C=CCN(CC=C)c1nc(N(CC)C(=O)[O-])n2oc(=O)nc2n1. The van der Waals surface area contributed by atoms with Gasteiger partial charge in [0.05, 0.1) is 0 Å². The summed E-state index contributed by atoms with van der Waals surface area (Å²) >= 11 is 0. The van der Waals surface area contributed by atoms with Crippen LogP contribution in [0.15, 0.2) is 34.6 Å². The van der Waals surface area contributed by atoms with Crippen molar-refractivity contribution in [1.29, 1.82) is 0 Å². The van der Waals surface area contributed by atoms with E-state index in [1.54, 1.807) is 24.0 Å². The van der Waals surface area contributed by atoms with Gasteiger partial charge in [-0.15, -0.1) is 18.1 Å². The average Bonchev–Trinajstić information content (AvgIpc) is 2.87. The van der Waals surface area contributed by atoms with Crippen LogP contribution in [0.1, 0.15) is 6.92 Å². The van der Waals surface area contributed by atoms with Crippen LogP contribution < -0.4 is 20.7 Å². The molecule has 0 saturated carbocycles. The maximum Gasteiger partial charge on any atom is 0.462 e. The highest BCUT2D eigenvalue weighted by molar-refractivity contribution is 5.82. The first-order chi connectivity index (χ1) is 11.0. The number of anilines is 2. The molecule has 2 aromatic rings. The summed E-state index contributed by atoms with van der Waals surface area (Å²) in [5, 5.41) is 11.3. The zero-order valence-corrected chi connectivity index (χ0v) is 12.5. The summed E-state index contributed by atoms with van der Waals surface area (Å²) < 4.78 is 5.67. The molecular weight excluding hydrogens is 304 g/mol. The van der Waals surface area contributed by atoms with E-state index in [-0.39, 0.29) is 24.2 Å². The zero-order valence-electron chi connectivity index (χ0n) is 12.5. The van der Waals surface area contributed by atoms with Crippen molar-refractivity contribution in [2.75, 3.05) is 29.4 Å². The number of carboxylic acid groups (broad SMARTS) is 1. The highest BCUT2D eigenvalue weighted by Crippen LogP contribution is 2.17. The van der Waals surface area contributed by atoms with Gasteiger partial charge in [0.25, 0.3) is 11.7 Å². The number of carbonyl (C=O) groups excluding carboxylic acids is 1. The molecule has 0 saturated heterocycles. The van der Waals surface area contributed by atoms with Crippen molar-refractivity contribution in [3.8, 4) is 0 Å². The third kappa shape index (κ3) is 3.20. The fourth-order valence-electron chi connectivity index (χ4n) is 1.93. The standard InChI is InChI=1S/C13H16N6O4/c1-4-7-17(8-5-2)9-14-10-16-12(20)23-19(10)11(15-9)18(6-3)13(21)22/h4-5H,1-2,6-8H2,3H3,(H,21,22)/p-1. The Bertz CT molecular complexity index is 785. The van der Waals surface area contributed by atoms with Gasteiger partial charge >= 0.3 is 5.76 Å². The van der Waals surface area contributed by atoms with Crippen LogP contribution in [0.4, 0.5) is 16.7 Å². The first-order valence-corrected chi connectivity index (χ1v) is 6.75. The number of hydrogen-bond donors (Lipinski definition) is 0. The van der Waals surface area contributed by atoms with Crippen LogP contribution in [-0.2, 0) is 0 Å². The summed E-state index contributed by atoms with van der Waals surface area (Å²) in [6.45, 7) is 9.69. The minimum absolute atomic E-state index is 0.0404. The van der Waals surface area contributed by atoms with Crippen LogP contribution >= 0.6 is 0 Å². The molecule has 10 heteroatoms. The predicted molar refractivity (Wildman–Crippen MR) is 80.3 cm³/mol. The molecule has 0 N–H and O–H groups in total. The Labute approximate surface area is 131 Å². The molecule has 0 atom stereocenters. The van der Waals surface area contributed by atoms with Gasteiger partial charge in [-0.25, -0.2) is 4.79 Å². The van der Waals surface area contributed by atoms with E-state index in [1.807, 2.05) is 0 Å². The molecule has 2 heterocycles. The van der Waals surface area contributed by atoms with Crippen molar-refractivity contribution >= 4 is 23.8 Å². The van der Waals surface area contributed by atoms with E-state index < -0.39 is 11.8 Å². The number of hydrogen-bond acceptors (Lipinski definition) is 8. The number of fused-ring (bicyclic) bond motifs is 1. The Balaban J connectivity index is 2.68. The van der Waals surface area contributed by atoms with Gasteiger partial charge < -0.3 is 19.3 Å². The lowest BCUT2D eigenvalue weighted by Gasteiger charge is -2.24. The highest BCUT2D eigenvalue weighted by Gasteiger charge is 2.20. The van der Waals surface area contributed by atoms with Gasteiger partial charge in [0, 0.05) is 19.6 Å². The van der Waals surface area contributed by atoms with E-state index in [2.05, 4.69) is 28.1 Å². The predicted octanol–water partition coefficient (Wildman–Crippen LogP) is -0.575. The lowest BCUT2D eigenvalue weighted by atomic mass is 10.4. The van der Waals surface area contributed by atoms with Crippen molar-refractivity contribution in [3.05, 3.63) is 35.9 Å². The van der Waals surface area contributed by atoms with Crippen LogP contribution in [0, 0.1) is 0 Å². The molecule has 0 bridgehead atoms. The van der Waals surface area contributed by atoms with Gasteiger partial charge in [0.15, 0.2) is 0 Å². The smallest absolute Gasteiger partial charge is 0.462 e. The third-order valence-electron chi connectivity index (χ3n) is 2.88. The Hall–Kier alpha value is -3.17. The van der Waals surface area contributed by atoms with Crippen molar-refractivity contribution in [3.63, 3.8) is 0 Å². The number of rotatable bonds is 7. The molecule has 1 amide bonds. The summed E-state index contributed by atoms with van der Waals surface area (Å²) in [6, 6.07) is 0. The summed E-state index contributed by atoms with van der Waals surface area (Å²) in [5.41, 5.74) is 0. The van der Waals surface area contributed by atoms with Gasteiger partial charge in [0.2, 0.25) is 5.95 Å². The molecular formula is C13H15N6O4-. The first-order valence-electron chi connectivity index (χ1n) is 6.75.